The average Bonchev–Trinajstić information content (AvgIpc) is 2.82. The molecule has 0 aliphatic carbocycles. The van der Waals surface area contributed by atoms with Crippen molar-refractivity contribution in [2.45, 2.75) is 0 Å². The van der Waals surface area contributed by atoms with Gasteiger partial charge in [0.2, 0.25) is 0 Å². The SMILES string of the molecule is [O-]N(O)c1ccc(-n2nc3ccccc3n2)cc1. The summed E-state index contributed by atoms with van der Waals surface area (Å²) in [5, 5.41) is 27.8. The molecule has 0 fully saturated rings. The third-order valence-electron chi connectivity index (χ3n) is 2.59. The van der Waals surface area contributed by atoms with E-state index in [4.69, 9.17) is 5.21 Å². The lowest BCUT2D eigenvalue weighted by atomic mass is 10.3. The van der Waals surface area contributed by atoms with E-state index >= 15 is 0 Å². The molecule has 0 atom stereocenters. The molecule has 3 aromatic rings. The summed E-state index contributed by atoms with van der Waals surface area (Å²) < 4.78 is 0. The zero-order valence-electron chi connectivity index (χ0n) is 9.26. The van der Waals surface area contributed by atoms with Gasteiger partial charge in [-0.3, -0.25) is 5.21 Å². The molecule has 1 N–H and O–H groups in total. The van der Waals surface area contributed by atoms with Crippen LogP contribution in [-0.2, 0) is 0 Å². The van der Waals surface area contributed by atoms with Gasteiger partial charge in [0.05, 0.1) is 11.4 Å². The second-order valence-electron chi connectivity index (χ2n) is 3.77. The molecular weight excluding hydrogens is 232 g/mol. The van der Waals surface area contributed by atoms with Crippen LogP contribution in [0.25, 0.3) is 16.7 Å². The molecule has 1 heterocycles. The van der Waals surface area contributed by atoms with E-state index in [-0.39, 0.29) is 10.9 Å². The Morgan fingerprint density at radius 1 is 0.944 bits per heavy atom. The maximum Gasteiger partial charge on any atom is 0.113 e. The Morgan fingerprint density at radius 2 is 1.50 bits per heavy atom. The average molecular weight is 241 g/mol. The van der Waals surface area contributed by atoms with Gasteiger partial charge in [-0.25, -0.2) is 0 Å². The number of nitrogens with zero attached hydrogens (tertiary/aromatic N) is 4. The van der Waals surface area contributed by atoms with Gasteiger partial charge in [-0.05, 0) is 36.4 Å². The van der Waals surface area contributed by atoms with Crippen molar-refractivity contribution >= 4 is 16.7 Å². The summed E-state index contributed by atoms with van der Waals surface area (Å²) in [5.41, 5.74) is 2.48. The molecule has 90 valence electrons. The van der Waals surface area contributed by atoms with E-state index in [1.807, 2.05) is 24.3 Å². The molecule has 0 radical (unpaired) electrons. The van der Waals surface area contributed by atoms with E-state index in [0.29, 0.717) is 0 Å². The summed E-state index contributed by atoms with van der Waals surface area (Å²) in [6.07, 6.45) is 0. The van der Waals surface area contributed by atoms with Gasteiger partial charge in [-0.15, -0.1) is 10.2 Å². The Morgan fingerprint density at radius 3 is 2.00 bits per heavy atom. The molecule has 0 aliphatic rings. The first-order valence-electron chi connectivity index (χ1n) is 5.33. The van der Waals surface area contributed by atoms with Crippen molar-refractivity contribution < 1.29 is 5.21 Å². The summed E-state index contributed by atoms with van der Waals surface area (Å²) in [7, 11) is 0. The quantitative estimate of drug-likeness (QED) is 0.695. The molecule has 2 aromatic carbocycles. The van der Waals surface area contributed by atoms with Crippen molar-refractivity contribution in [3.8, 4) is 5.69 Å². The summed E-state index contributed by atoms with van der Waals surface area (Å²) in [5.74, 6) is 0. The third kappa shape index (κ3) is 1.79. The minimum atomic E-state index is -0.184. The van der Waals surface area contributed by atoms with Crippen molar-refractivity contribution in [1.29, 1.82) is 0 Å². The number of fused-ring (bicyclic) bond motifs is 1. The second kappa shape index (κ2) is 4.10. The molecule has 0 saturated heterocycles. The Labute approximate surface area is 102 Å². The predicted molar refractivity (Wildman–Crippen MR) is 66.5 cm³/mol. The number of benzene rings is 2. The molecular formula is C12H9N4O2-. The van der Waals surface area contributed by atoms with Crippen molar-refractivity contribution in [2.75, 3.05) is 5.23 Å². The number of anilines is 1. The van der Waals surface area contributed by atoms with E-state index in [0.717, 1.165) is 16.7 Å². The van der Waals surface area contributed by atoms with Crippen LogP contribution in [0.1, 0.15) is 0 Å². The molecule has 6 nitrogen and oxygen atoms in total. The fourth-order valence-electron chi connectivity index (χ4n) is 1.69. The molecule has 1 aromatic heterocycles. The molecule has 0 amide bonds. The zero-order chi connectivity index (χ0) is 12.5. The zero-order valence-corrected chi connectivity index (χ0v) is 9.26. The van der Waals surface area contributed by atoms with Gasteiger partial charge in [0.25, 0.3) is 0 Å². The van der Waals surface area contributed by atoms with Crippen LogP contribution in [0.15, 0.2) is 48.5 Å². The molecule has 0 bridgehead atoms. The highest BCUT2D eigenvalue weighted by molar-refractivity contribution is 5.73. The number of aromatic nitrogens is 3. The third-order valence-corrected chi connectivity index (χ3v) is 2.59. The van der Waals surface area contributed by atoms with Crippen molar-refractivity contribution in [3.63, 3.8) is 0 Å². The van der Waals surface area contributed by atoms with Crippen LogP contribution in [-0.4, -0.2) is 20.2 Å². The Bertz CT molecular complexity index is 643. The summed E-state index contributed by atoms with van der Waals surface area (Å²) in [6.45, 7) is 0. The molecule has 0 saturated carbocycles. The first-order chi connectivity index (χ1) is 8.74. The van der Waals surface area contributed by atoms with Gasteiger partial charge in [0.1, 0.15) is 11.0 Å². The van der Waals surface area contributed by atoms with Gasteiger partial charge in [-0.2, -0.15) is 4.80 Å². The summed E-state index contributed by atoms with van der Waals surface area (Å²) in [4.78, 5) is 1.49. The first-order valence-corrected chi connectivity index (χ1v) is 5.33. The fraction of sp³-hybridized carbons (Fsp3) is 0. The monoisotopic (exact) mass is 241 g/mol. The lowest BCUT2D eigenvalue weighted by Crippen LogP contribution is -2.07. The summed E-state index contributed by atoms with van der Waals surface area (Å²) >= 11 is 0. The molecule has 18 heavy (non-hydrogen) atoms. The minimum Gasteiger partial charge on any atom is -0.733 e. The number of hydrogen-bond acceptors (Lipinski definition) is 5. The normalized spacial score (nSPS) is 10.8. The number of rotatable bonds is 2. The standard InChI is InChI=1S/C12H9N4O2/c17-16(18)10-7-5-9(6-8-10)15-13-11-3-1-2-4-12(11)14-15/h1-8,17H/q-1. The molecule has 0 unspecified atom stereocenters. The smallest absolute Gasteiger partial charge is 0.113 e. The van der Waals surface area contributed by atoms with Gasteiger partial charge < -0.3 is 10.4 Å². The van der Waals surface area contributed by atoms with E-state index in [1.165, 1.54) is 16.9 Å². The van der Waals surface area contributed by atoms with E-state index in [9.17, 15) is 5.21 Å². The fourth-order valence-corrected chi connectivity index (χ4v) is 1.69. The van der Waals surface area contributed by atoms with Crippen LogP contribution < -0.4 is 5.23 Å². The molecule has 0 aliphatic heterocycles. The largest absolute Gasteiger partial charge is 0.733 e. The molecule has 3 rings (SSSR count). The molecule has 6 heteroatoms. The van der Waals surface area contributed by atoms with E-state index in [1.54, 1.807) is 12.1 Å². The van der Waals surface area contributed by atoms with Crippen LogP contribution in [0, 0.1) is 5.21 Å². The van der Waals surface area contributed by atoms with Crippen LogP contribution in [0.2, 0.25) is 0 Å². The molecule has 0 spiro atoms. The van der Waals surface area contributed by atoms with Crippen molar-refractivity contribution in [2.24, 2.45) is 0 Å². The van der Waals surface area contributed by atoms with Crippen LogP contribution in [0.5, 0.6) is 0 Å². The van der Waals surface area contributed by atoms with Gasteiger partial charge in [0, 0.05) is 0 Å². The number of hydrogen-bond donors (Lipinski definition) is 1. The van der Waals surface area contributed by atoms with E-state index < -0.39 is 0 Å². The highest BCUT2D eigenvalue weighted by Gasteiger charge is 2.03. The Hall–Kier alpha value is -2.44. The lowest BCUT2D eigenvalue weighted by molar-refractivity contribution is 0.296. The Kier molecular flexibility index (Phi) is 2.44. The van der Waals surface area contributed by atoms with Gasteiger partial charge in [-0.1, -0.05) is 12.1 Å². The first kappa shape index (κ1) is 10.7. The topological polar surface area (TPSA) is 77.2 Å². The minimum absolute atomic E-state index is 0.162. The van der Waals surface area contributed by atoms with E-state index in [2.05, 4.69) is 10.2 Å². The van der Waals surface area contributed by atoms with Crippen molar-refractivity contribution in [3.05, 3.63) is 53.7 Å². The highest BCUT2D eigenvalue weighted by atomic mass is 16.8. The summed E-state index contributed by atoms with van der Waals surface area (Å²) in [6, 6.07) is 13.9. The second-order valence-corrected chi connectivity index (χ2v) is 3.77. The Balaban J connectivity index is 2.03. The van der Waals surface area contributed by atoms with Crippen LogP contribution >= 0.6 is 0 Å². The van der Waals surface area contributed by atoms with Crippen molar-refractivity contribution in [1.82, 2.24) is 15.0 Å². The maximum atomic E-state index is 10.7. The van der Waals surface area contributed by atoms with Crippen LogP contribution in [0.3, 0.4) is 0 Å². The van der Waals surface area contributed by atoms with Gasteiger partial charge in [0.15, 0.2) is 0 Å². The van der Waals surface area contributed by atoms with Gasteiger partial charge >= 0.3 is 0 Å². The predicted octanol–water partition coefficient (Wildman–Crippen LogP) is 2.11. The maximum absolute atomic E-state index is 10.7. The lowest BCUT2D eigenvalue weighted by Gasteiger charge is -2.21. The van der Waals surface area contributed by atoms with Crippen LogP contribution in [0.4, 0.5) is 5.69 Å². The highest BCUT2D eigenvalue weighted by Crippen LogP contribution is 2.16.